The molecule has 1 aliphatic heterocycles. The van der Waals surface area contributed by atoms with Crippen molar-refractivity contribution in [1.29, 1.82) is 0 Å². The average Bonchev–Trinajstić information content (AvgIpc) is 2.64. The van der Waals surface area contributed by atoms with Crippen LogP contribution in [0.5, 0.6) is 0 Å². The minimum absolute atomic E-state index is 0.0124. The summed E-state index contributed by atoms with van der Waals surface area (Å²) < 4.78 is 0. The Bertz CT molecular complexity index is 548. The van der Waals surface area contributed by atoms with Crippen molar-refractivity contribution in [1.82, 2.24) is 20.9 Å². The van der Waals surface area contributed by atoms with E-state index in [2.05, 4.69) is 34.7 Å². The van der Waals surface area contributed by atoms with Crippen molar-refractivity contribution < 1.29 is 9.59 Å². The van der Waals surface area contributed by atoms with Crippen LogP contribution in [0.3, 0.4) is 0 Å². The third kappa shape index (κ3) is 7.13. The van der Waals surface area contributed by atoms with Gasteiger partial charge in [0.1, 0.15) is 0 Å². The van der Waals surface area contributed by atoms with Gasteiger partial charge in [-0.2, -0.15) is 0 Å². The van der Waals surface area contributed by atoms with Gasteiger partial charge >= 0.3 is 6.03 Å². The summed E-state index contributed by atoms with van der Waals surface area (Å²) in [6.07, 6.45) is 2.31. The summed E-state index contributed by atoms with van der Waals surface area (Å²) in [5, 5.41) is 8.29. The van der Waals surface area contributed by atoms with Gasteiger partial charge in [-0.15, -0.1) is 0 Å². The zero-order valence-electron chi connectivity index (χ0n) is 15.3. The molecule has 1 saturated heterocycles. The Morgan fingerprint density at radius 3 is 2.64 bits per heavy atom. The molecule has 3 amide bonds. The number of carbonyl (C=O) groups is 2. The molecule has 1 aliphatic rings. The van der Waals surface area contributed by atoms with E-state index in [0.717, 1.165) is 25.1 Å². The summed E-state index contributed by atoms with van der Waals surface area (Å²) >= 11 is 0. The van der Waals surface area contributed by atoms with E-state index in [-0.39, 0.29) is 18.5 Å². The van der Waals surface area contributed by atoms with Crippen LogP contribution >= 0.6 is 0 Å². The quantitative estimate of drug-likeness (QED) is 0.704. The highest BCUT2D eigenvalue weighted by Crippen LogP contribution is 2.17. The molecule has 6 heteroatoms. The molecule has 0 spiro atoms. The number of hydrogen-bond donors (Lipinski definition) is 3. The van der Waals surface area contributed by atoms with Gasteiger partial charge in [-0.05, 0) is 44.7 Å². The highest BCUT2D eigenvalue weighted by molar-refractivity contribution is 5.83. The van der Waals surface area contributed by atoms with Crippen LogP contribution in [0, 0.1) is 5.92 Å². The standard InChI is InChI=1S/C19H30N4O2/c1-15(2)23-10-6-9-17(14-23)12-21-19(25)22-13-18(24)20-11-16-7-4-3-5-8-16/h3-5,7-8,15,17H,6,9-14H2,1-2H3,(H,20,24)(H2,21,22,25). The molecule has 3 N–H and O–H groups in total. The Morgan fingerprint density at radius 2 is 1.92 bits per heavy atom. The molecule has 0 radical (unpaired) electrons. The molecule has 1 aromatic carbocycles. The lowest BCUT2D eigenvalue weighted by Crippen LogP contribution is -2.47. The lowest BCUT2D eigenvalue weighted by molar-refractivity contribution is -0.120. The van der Waals surface area contributed by atoms with Crippen molar-refractivity contribution in [3.8, 4) is 0 Å². The van der Waals surface area contributed by atoms with Crippen LogP contribution in [0.25, 0.3) is 0 Å². The Labute approximate surface area is 150 Å². The number of hydrogen-bond acceptors (Lipinski definition) is 3. The maximum absolute atomic E-state index is 11.9. The molecule has 1 heterocycles. The van der Waals surface area contributed by atoms with Gasteiger partial charge in [0.05, 0.1) is 6.54 Å². The molecule has 2 rings (SSSR count). The van der Waals surface area contributed by atoms with Gasteiger partial charge < -0.3 is 20.9 Å². The van der Waals surface area contributed by atoms with E-state index >= 15 is 0 Å². The molecular weight excluding hydrogens is 316 g/mol. The molecule has 6 nitrogen and oxygen atoms in total. The predicted octanol–water partition coefficient (Wildman–Crippen LogP) is 1.72. The first-order valence-corrected chi connectivity index (χ1v) is 9.11. The molecule has 1 atom stereocenters. The van der Waals surface area contributed by atoms with Crippen LogP contribution in [0.2, 0.25) is 0 Å². The van der Waals surface area contributed by atoms with Crippen LogP contribution in [0.1, 0.15) is 32.3 Å². The second kappa shape index (κ2) is 10.0. The summed E-state index contributed by atoms with van der Waals surface area (Å²) in [4.78, 5) is 26.1. The molecule has 0 aliphatic carbocycles. The van der Waals surface area contributed by atoms with E-state index in [1.807, 2.05) is 30.3 Å². The number of amides is 3. The minimum Gasteiger partial charge on any atom is -0.350 e. The summed E-state index contributed by atoms with van der Waals surface area (Å²) in [5.74, 6) is 0.288. The van der Waals surface area contributed by atoms with Gasteiger partial charge in [0.2, 0.25) is 5.91 Å². The van der Waals surface area contributed by atoms with Crippen molar-refractivity contribution in [2.75, 3.05) is 26.2 Å². The SMILES string of the molecule is CC(C)N1CCCC(CNC(=O)NCC(=O)NCc2ccccc2)C1. The zero-order valence-corrected chi connectivity index (χ0v) is 15.3. The fourth-order valence-corrected chi connectivity index (χ4v) is 3.05. The van der Waals surface area contributed by atoms with Crippen LogP contribution in [0.15, 0.2) is 30.3 Å². The number of nitrogens with one attached hydrogen (secondary N) is 3. The van der Waals surface area contributed by atoms with Crippen molar-refractivity contribution in [3.63, 3.8) is 0 Å². The third-order valence-corrected chi connectivity index (χ3v) is 4.57. The number of urea groups is 1. The van der Waals surface area contributed by atoms with E-state index in [0.29, 0.717) is 25.0 Å². The number of rotatable bonds is 7. The van der Waals surface area contributed by atoms with Crippen molar-refractivity contribution >= 4 is 11.9 Å². The number of nitrogens with zero attached hydrogens (tertiary/aromatic N) is 1. The van der Waals surface area contributed by atoms with Crippen LogP contribution in [-0.4, -0.2) is 49.1 Å². The third-order valence-electron chi connectivity index (χ3n) is 4.57. The summed E-state index contributed by atoms with van der Waals surface area (Å²) in [6, 6.07) is 9.96. The Balaban J connectivity index is 1.59. The number of carbonyl (C=O) groups excluding carboxylic acids is 2. The molecule has 1 aromatic rings. The monoisotopic (exact) mass is 346 g/mol. The van der Waals surface area contributed by atoms with E-state index < -0.39 is 0 Å². The number of benzene rings is 1. The summed E-state index contributed by atoms with van der Waals surface area (Å²) in [5.41, 5.74) is 1.03. The average molecular weight is 346 g/mol. The molecule has 1 unspecified atom stereocenters. The van der Waals surface area contributed by atoms with Gasteiger partial charge in [0, 0.05) is 25.7 Å². The molecule has 25 heavy (non-hydrogen) atoms. The molecule has 0 bridgehead atoms. The van der Waals surface area contributed by atoms with Crippen LogP contribution in [-0.2, 0) is 11.3 Å². The summed E-state index contributed by atoms with van der Waals surface area (Å²) in [6.45, 7) is 7.68. The van der Waals surface area contributed by atoms with Crippen molar-refractivity contribution in [3.05, 3.63) is 35.9 Å². The van der Waals surface area contributed by atoms with Gasteiger partial charge in [0.15, 0.2) is 0 Å². The van der Waals surface area contributed by atoms with E-state index in [4.69, 9.17) is 0 Å². The van der Waals surface area contributed by atoms with Crippen molar-refractivity contribution in [2.45, 2.75) is 39.3 Å². The second-order valence-corrected chi connectivity index (χ2v) is 6.92. The highest BCUT2D eigenvalue weighted by atomic mass is 16.2. The van der Waals surface area contributed by atoms with E-state index in [9.17, 15) is 9.59 Å². The molecular formula is C19H30N4O2. The largest absolute Gasteiger partial charge is 0.350 e. The maximum atomic E-state index is 11.9. The first-order chi connectivity index (χ1) is 12.0. The lowest BCUT2D eigenvalue weighted by Gasteiger charge is -2.35. The Morgan fingerprint density at radius 1 is 1.16 bits per heavy atom. The number of piperidine rings is 1. The Hall–Kier alpha value is -2.08. The van der Waals surface area contributed by atoms with E-state index in [1.165, 1.54) is 6.42 Å². The minimum atomic E-state index is -0.281. The van der Waals surface area contributed by atoms with Gasteiger partial charge in [-0.3, -0.25) is 4.79 Å². The van der Waals surface area contributed by atoms with Crippen LogP contribution < -0.4 is 16.0 Å². The zero-order chi connectivity index (χ0) is 18.1. The molecule has 138 valence electrons. The topological polar surface area (TPSA) is 73.5 Å². The molecule has 0 saturated carbocycles. The van der Waals surface area contributed by atoms with E-state index in [1.54, 1.807) is 0 Å². The Kier molecular flexibility index (Phi) is 7.73. The smallest absolute Gasteiger partial charge is 0.315 e. The second-order valence-electron chi connectivity index (χ2n) is 6.92. The first kappa shape index (κ1) is 19.2. The fraction of sp³-hybridized carbons (Fsp3) is 0.579. The molecule has 0 aromatic heterocycles. The lowest BCUT2D eigenvalue weighted by atomic mass is 9.97. The van der Waals surface area contributed by atoms with Gasteiger partial charge in [-0.1, -0.05) is 30.3 Å². The van der Waals surface area contributed by atoms with Crippen LogP contribution in [0.4, 0.5) is 4.79 Å². The normalized spacial score (nSPS) is 18.0. The van der Waals surface area contributed by atoms with Gasteiger partial charge in [0.25, 0.3) is 0 Å². The van der Waals surface area contributed by atoms with Gasteiger partial charge in [-0.25, -0.2) is 4.79 Å². The molecule has 1 fully saturated rings. The maximum Gasteiger partial charge on any atom is 0.315 e. The first-order valence-electron chi connectivity index (χ1n) is 9.11. The predicted molar refractivity (Wildman–Crippen MR) is 99.1 cm³/mol. The number of likely N-dealkylation sites (tertiary alicyclic amines) is 1. The highest BCUT2D eigenvalue weighted by Gasteiger charge is 2.21. The fourth-order valence-electron chi connectivity index (χ4n) is 3.05. The summed E-state index contributed by atoms with van der Waals surface area (Å²) in [7, 11) is 0. The van der Waals surface area contributed by atoms with Crippen molar-refractivity contribution in [2.24, 2.45) is 5.92 Å².